The average Bonchev–Trinajstić information content (AvgIpc) is 3.45. The number of ketones is 1. The van der Waals surface area contributed by atoms with Gasteiger partial charge in [-0.25, -0.2) is 14.8 Å². The number of benzene rings is 1. The Morgan fingerprint density at radius 3 is 2.62 bits per heavy atom. The monoisotopic (exact) mass is 690 g/mol. The van der Waals surface area contributed by atoms with Gasteiger partial charge in [-0.1, -0.05) is 24.4 Å². The zero-order chi connectivity index (χ0) is 33.9. The Hall–Kier alpha value is -4.39. The minimum absolute atomic E-state index is 0.0149. The lowest BCUT2D eigenvalue weighted by molar-refractivity contribution is -0.228. The van der Waals surface area contributed by atoms with E-state index in [1.807, 2.05) is 12.1 Å². The number of carboxylic acids is 1. The van der Waals surface area contributed by atoms with Gasteiger partial charge >= 0.3 is 16.4 Å². The molecule has 1 amide bonds. The lowest BCUT2D eigenvalue weighted by Gasteiger charge is -2.50. The van der Waals surface area contributed by atoms with Crippen molar-refractivity contribution in [3.63, 3.8) is 0 Å². The number of pyridine rings is 1. The fourth-order valence-corrected chi connectivity index (χ4v) is 6.52. The number of hydroxylamine groups is 2. The van der Waals surface area contributed by atoms with Crippen molar-refractivity contribution in [2.45, 2.75) is 70.1 Å². The number of hydrogen-bond donors (Lipinski definition) is 4. The highest BCUT2D eigenvalue weighted by molar-refractivity contribution is 7.80. The van der Waals surface area contributed by atoms with Gasteiger partial charge in [0.15, 0.2) is 16.6 Å². The number of nitrogens with two attached hydrogens (primary N) is 1. The third kappa shape index (κ3) is 7.95. The van der Waals surface area contributed by atoms with E-state index in [4.69, 9.17) is 19.9 Å². The molecule has 1 aromatic carbocycles. The van der Waals surface area contributed by atoms with Crippen LogP contribution in [0.25, 0.3) is 10.8 Å². The average molecular weight is 691 g/mol. The third-order valence-corrected chi connectivity index (χ3v) is 9.10. The number of nitrogen functional groups attached to an aromatic ring is 1. The summed E-state index contributed by atoms with van der Waals surface area (Å²) < 4.78 is 41.3. The Morgan fingerprint density at radius 1 is 1.23 bits per heavy atom. The van der Waals surface area contributed by atoms with E-state index in [0.29, 0.717) is 16.9 Å². The first-order valence-electron chi connectivity index (χ1n) is 14.7. The van der Waals surface area contributed by atoms with Gasteiger partial charge in [0, 0.05) is 29.4 Å². The van der Waals surface area contributed by atoms with Crippen molar-refractivity contribution in [2.24, 2.45) is 11.1 Å². The van der Waals surface area contributed by atoms with Gasteiger partial charge < -0.3 is 25.7 Å². The van der Waals surface area contributed by atoms with Crippen LogP contribution in [-0.2, 0) is 33.9 Å². The van der Waals surface area contributed by atoms with E-state index in [9.17, 15) is 27.9 Å². The topological polar surface area (TPSA) is 233 Å². The SMILES string of the molecule is CC1(C)C(CC(=O)/C(=N\O[C@@H](COc2ccc3c(NC4CCCCC4)nccc3c2)C(=O)O)c2csc(N)n2)C(=O)N1OS(=O)(=O)O. The number of carbonyl (C=O) groups is 3. The largest absolute Gasteiger partial charge is 0.489 e. The van der Waals surface area contributed by atoms with Gasteiger partial charge in [0.2, 0.25) is 0 Å². The molecular weight excluding hydrogens is 656 g/mol. The third-order valence-electron chi connectivity index (χ3n) is 8.09. The van der Waals surface area contributed by atoms with Crippen molar-refractivity contribution in [3.8, 4) is 5.75 Å². The van der Waals surface area contributed by atoms with Crippen LogP contribution in [0, 0.1) is 5.92 Å². The molecule has 1 unspecified atom stereocenters. The van der Waals surface area contributed by atoms with Crippen LogP contribution in [0.4, 0.5) is 10.9 Å². The number of aromatic nitrogens is 2. The van der Waals surface area contributed by atoms with Crippen molar-refractivity contribution in [1.82, 2.24) is 15.0 Å². The Bertz CT molecular complexity index is 1810. The van der Waals surface area contributed by atoms with Gasteiger partial charge in [0.05, 0.1) is 11.5 Å². The number of hydrogen-bond acceptors (Lipinski definition) is 14. The Morgan fingerprint density at radius 2 is 1.98 bits per heavy atom. The summed E-state index contributed by atoms with van der Waals surface area (Å²) in [6, 6.07) is 7.47. The molecule has 3 heterocycles. The fraction of sp³-hybridized carbons (Fsp3) is 0.448. The molecule has 1 saturated heterocycles. The van der Waals surface area contributed by atoms with Crippen LogP contribution in [0.5, 0.6) is 5.75 Å². The molecule has 0 radical (unpaired) electrons. The number of nitrogens with zero attached hydrogens (tertiary/aromatic N) is 4. The molecule has 1 aliphatic heterocycles. The highest BCUT2D eigenvalue weighted by Gasteiger charge is 2.57. The van der Waals surface area contributed by atoms with Crippen LogP contribution in [0.2, 0.25) is 0 Å². The first-order chi connectivity index (χ1) is 22.2. The first-order valence-corrected chi connectivity index (χ1v) is 17.0. The smallest absolute Gasteiger partial charge is 0.418 e. The van der Waals surface area contributed by atoms with E-state index >= 15 is 0 Å². The summed E-state index contributed by atoms with van der Waals surface area (Å²) in [6.45, 7) is 2.39. The lowest BCUT2D eigenvalue weighted by atomic mass is 9.74. The number of amides is 1. The summed E-state index contributed by atoms with van der Waals surface area (Å²) in [6.07, 6.45) is 5.32. The van der Waals surface area contributed by atoms with Crippen LogP contribution < -0.4 is 15.8 Å². The molecule has 252 valence electrons. The predicted octanol–water partition coefficient (Wildman–Crippen LogP) is 3.20. The molecule has 2 fully saturated rings. The maximum absolute atomic E-state index is 13.4. The molecule has 1 saturated carbocycles. The first kappa shape index (κ1) is 34.0. The Labute approximate surface area is 273 Å². The molecule has 2 atom stereocenters. The van der Waals surface area contributed by atoms with E-state index in [-0.39, 0.29) is 10.8 Å². The highest BCUT2D eigenvalue weighted by Crippen LogP contribution is 2.40. The maximum Gasteiger partial charge on any atom is 0.418 e. The number of ether oxygens (including phenoxy) is 1. The minimum Gasteiger partial charge on any atom is -0.489 e. The van der Waals surface area contributed by atoms with Crippen molar-refractivity contribution < 1.29 is 46.3 Å². The van der Waals surface area contributed by atoms with Gasteiger partial charge in [0.25, 0.3) is 12.0 Å². The number of carboxylic acid groups (broad SMARTS) is 1. The summed E-state index contributed by atoms with van der Waals surface area (Å²) in [5, 5.41) is 20.8. The molecule has 47 heavy (non-hydrogen) atoms. The van der Waals surface area contributed by atoms with E-state index in [0.717, 1.165) is 40.8 Å². The molecule has 18 heteroatoms. The second kappa shape index (κ2) is 13.8. The van der Waals surface area contributed by atoms with Crippen LogP contribution in [0.3, 0.4) is 0 Å². The van der Waals surface area contributed by atoms with Gasteiger partial charge in [-0.05, 0) is 56.3 Å². The number of rotatable bonds is 14. The van der Waals surface area contributed by atoms with Crippen LogP contribution in [0.1, 0.15) is 58.1 Å². The normalized spacial score (nSPS) is 19.2. The number of nitrogens with one attached hydrogen (secondary N) is 1. The van der Waals surface area contributed by atoms with Gasteiger partial charge in [-0.3, -0.25) is 14.1 Å². The number of thiazole rings is 1. The van der Waals surface area contributed by atoms with E-state index < -0.39 is 64.4 Å². The second-order valence-electron chi connectivity index (χ2n) is 11.7. The molecule has 2 aromatic heterocycles. The quantitative estimate of drug-likeness (QED) is 0.0823. The number of aliphatic carboxylic acids is 1. The summed E-state index contributed by atoms with van der Waals surface area (Å²) >= 11 is 0.994. The van der Waals surface area contributed by atoms with Gasteiger partial charge in [0.1, 0.15) is 23.9 Å². The molecule has 2 aliphatic rings. The number of β-lactam (4-membered cyclic amide) rings is 1. The molecule has 1 aliphatic carbocycles. The van der Waals surface area contributed by atoms with E-state index in [1.165, 1.54) is 38.5 Å². The van der Waals surface area contributed by atoms with Crippen molar-refractivity contribution in [3.05, 3.63) is 41.5 Å². The minimum atomic E-state index is -4.99. The summed E-state index contributed by atoms with van der Waals surface area (Å²) in [7, 11) is -4.99. The number of Topliss-reactive ketones (excluding diaryl/α,β-unsaturated/α-hetero) is 1. The molecule has 16 nitrogen and oxygen atoms in total. The van der Waals surface area contributed by atoms with E-state index in [1.54, 1.807) is 18.3 Å². The molecule has 0 spiro atoms. The van der Waals surface area contributed by atoms with Crippen LogP contribution >= 0.6 is 11.3 Å². The van der Waals surface area contributed by atoms with Gasteiger partial charge in [-0.2, -0.15) is 13.5 Å². The molecular formula is C29H34N6O10S2. The Balaban J connectivity index is 1.28. The summed E-state index contributed by atoms with van der Waals surface area (Å²) in [4.78, 5) is 51.8. The number of anilines is 2. The summed E-state index contributed by atoms with van der Waals surface area (Å²) in [5.74, 6) is -2.99. The van der Waals surface area contributed by atoms with Crippen molar-refractivity contribution in [2.75, 3.05) is 17.7 Å². The highest BCUT2D eigenvalue weighted by atomic mass is 32.3. The fourth-order valence-electron chi connectivity index (χ4n) is 5.52. The zero-order valence-corrected chi connectivity index (χ0v) is 27.1. The molecule has 5 N–H and O–H groups in total. The molecule has 5 rings (SSSR count). The second-order valence-corrected chi connectivity index (χ2v) is 13.6. The summed E-state index contributed by atoms with van der Waals surface area (Å²) in [5.41, 5.74) is 4.00. The van der Waals surface area contributed by atoms with E-state index in [2.05, 4.69) is 24.7 Å². The Kier molecular flexibility index (Phi) is 9.94. The molecule has 0 bridgehead atoms. The number of fused-ring (bicyclic) bond motifs is 1. The molecule has 3 aromatic rings. The van der Waals surface area contributed by atoms with Crippen molar-refractivity contribution >= 4 is 66.8 Å². The van der Waals surface area contributed by atoms with Crippen LogP contribution in [0.15, 0.2) is 41.0 Å². The lowest BCUT2D eigenvalue weighted by Crippen LogP contribution is -2.68. The van der Waals surface area contributed by atoms with Crippen molar-refractivity contribution in [1.29, 1.82) is 0 Å². The standard InChI is InChI=1S/C29H34N6O10S2/c1-29(2)20(26(37)35(29)45-47(40,41)42)13-22(36)24(21-15-46-28(30)33-21)34-44-23(27(38)39)14-43-18-8-9-19-16(12-18)10-11-31-25(19)32-17-6-4-3-5-7-17/h8-12,15,17,20,23H,3-7,13-14H2,1-2H3,(H2,30,33)(H,31,32)(H,38,39)(H,40,41,42)/b34-24-/t20?,23-/m0/s1. The number of oxime groups is 1. The van der Waals surface area contributed by atoms with Crippen LogP contribution in [-0.4, -0.2) is 80.8 Å². The maximum atomic E-state index is 13.4. The zero-order valence-electron chi connectivity index (χ0n) is 25.5. The number of carbonyl (C=O) groups excluding carboxylic acids is 2. The predicted molar refractivity (Wildman–Crippen MR) is 170 cm³/mol. The van der Waals surface area contributed by atoms with Gasteiger partial charge in [-0.15, -0.1) is 15.6 Å².